The molecule has 1 atom stereocenters. The average molecular weight is 529 g/mol. The van der Waals surface area contributed by atoms with E-state index in [0.717, 1.165) is 22.4 Å². The summed E-state index contributed by atoms with van der Waals surface area (Å²) >= 11 is 12.8. The molecule has 0 fully saturated rings. The maximum atomic E-state index is 12.2. The smallest absolute Gasteiger partial charge is 0.146 e. The van der Waals surface area contributed by atoms with Crippen molar-refractivity contribution in [2.24, 2.45) is 0 Å². The normalized spacial score (nSPS) is 12.7. The van der Waals surface area contributed by atoms with Gasteiger partial charge in [0.2, 0.25) is 0 Å². The first-order valence-electron chi connectivity index (χ1n) is 11.0. The molecule has 0 spiro atoms. The van der Waals surface area contributed by atoms with Crippen molar-refractivity contribution < 1.29 is 14.4 Å². The molecule has 3 aromatic carbocycles. The van der Waals surface area contributed by atoms with Gasteiger partial charge in [0, 0.05) is 22.9 Å². The van der Waals surface area contributed by atoms with Gasteiger partial charge in [-0.15, -0.1) is 0 Å². The van der Waals surface area contributed by atoms with Gasteiger partial charge >= 0.3 is 0 Å². The standard InChI is InChI=1S/C27H26Cl2N2O3S/c1-16-12-17(18-8-9-19(15-32)23(13-18)35(4)34)10-11-22(16)31-14-24(27(2,3)33)30-26(31)20-6-5-7-21(28)25(20)29/h5-14,32-33H,15H2,1-4H3. The molecule has 0 aliphatic heterocycles. The monoisotopic (exact) mass is 528 g/mol. The van der Waals surface area contributed by atoms with Crippen LogP contribution in [0.15, 0.2) is 65.7 Å². The summed E-state index contributed by atoms with van der Waals surface area (Å²) < 4.78 is 14.1. The van der Waals surface area contributed by atoms with E-state index in [1.807, 2.05) is 60.2 Å². The Morgan fingerprint density at radius 3 is 2.37 bits per heavy atom. The topological polar surface area (TPSA) is 75.3 Å². The number of aryl methyl sites for hydroxylation is 1. The van der Waals surface area contributed by atoms with E-state index >= 15 is 0 Å². The number of benzene rings is 3. The number of aromatic nitrogens is 2. The van der Waals surface area contributed by atoms with Crippen molar-refractivity contribution in [3.8, 4) is 28.2 Å². The fourth-order valence-electron chi connectivity index (χ4n) is 3.96. The number of hydrogen-bond acceptors (Lipinski definition) is 4. The highest BCUT2D eigenvalue weighted by molar-refractivity contribution is 7.84. The van der Waals surface area contributed by atoms with Crippen molar-refractivity contribution in [1.29, 1.82) is 0 Å². The zero-order chi connectivity index (χ0) is 25.5. The summed E-state index contributed by atoms with van der Waals surface area (Å²) in [6, 6.07) is 17.0. The van der Waals surface area contributed by atoms with Crippen LogP contribution in [0, 0.1) is 6.92 Å². The van der Waals surface area contributed by atoms with Crippen LogP contribution in [0.5, 0.6) is 0 Å². The lowest BCUT2D eigenvalue weighted by Gasteiger charge is -2.15. The van der Waals surface area contributed by atoms with Gasteiger partial charge in [-0.05, 0) is 73.4 Å². The molecule has 1 unspecified atom stereocenters. The Morgan fingerprint density at radius 1 is 1.06 bits per heavy atom. The predicted molar refractivity (Wildman–Crippen MR) is 143 cm³/mol. The maximum absolute atomic E-state index is 12.2. The number of aliphatic hydroxyl groups is 2. The molecule has 2 N–H and O–H groups in total. The van der Waals surface area contributed by atoms with Gasteiger partial charge in [0.05, 0.1) is 38.8 Å². The fourth-order valence-corrected chi connectivity index (χ4v) is 5.14. The molecule has 0 radical (unpaired) electrons. The highest BCUT2D eigenvalue weighted by Gasteiger charge is 2.25. The third kappa shape index (κ3) is 5.08. The van der Waals surface area contributed by atoms with Crippen LogP contribution in [-0.2, 0) is 23.0 Å². The van der Waals surface area contributed by atoms with Crippen molar-refractivity contribution in [1.82, 2.24) is 9.55 Å². The van der Waals surface area contributed by atoms with E-state index in [-0.39, 0.29) is 6.61 Å². The van der Waals surface area contributed by atoms with Crippen LogP contribution >= 0.6 is 23.2 Å². The molecule has 1 heterocycles. The number of aliphatic hydroxyl groups excluding tert-OH is 1. The highest BCUT2D eigenvalue weighted by Crippen LogP contribution is 2.37. The quantitative estimate of drug-likeness (QED) is 0.308. The number of rotatable bonds is 6. The first-order chi connectivity index (χ1) is 16.5. The molecule has 182 valence electrons. The van der Waals surface area contributed by atoms with Crippen LogP contribution in [0.2, 0.25) is 10.0 Å². The Kier molecular flexibility index (Phi) is 7.23. The summed E-state index contributed by atoms with van der Waals surface area (Å²) in [7, 11) is -1.22. The molecule has 0 aliphatic carbocycles. The van der Waals surface area contributed by atoms with Crippen molar-refractivity contribution in [3.63, 3.8) is 0 Å². The van der Waals surface area contributed by atoms with Crippen LogP contribution in [0.1, 0.15) is 30.7 Å². The van der Waals surface area contributed by atoms with E-state index in [9.17, 15) is 14.4 Å². The molecular weight excluding hydrogens is 503 g/mol. The van der Waals surface area contributed by atoms with E-state index in [1.165, 1.54) is 0 Å². The zero-order valence-corrected chi connectivity index (χ0v) is 22.2. The van der Waals surface area contributed by atoms with E-state index in [0.29, 0.717) is 37.6 Å². The Bertz CT molecular complexity index is 1440. The molecule has 0 aliphatic rings. The lowest BCUT2D eigenvalue weighted by molar-refractivity contribution is 0.0743. The minimum Gasteiger partial charge on any atom is -0.392 e. The summed E-state index contributed by atoms with van der Waals surface area (Å²) in [5, 5.41) is 21.0. The SMILES string of the molecule is Cc1cc(-c2ccc(CO)c(S(C)=O)c2)ccc1-n1cc(C(C)(C)O)nc1-c1cccc(Cl)c1Cl. The van der Waals surface area contributed by atoms with Gasteiger partial charge in [0.25, 0.3) is 0 Å². The number of halogens is 2. The molecule has 8 heteroatoms. The molecule has 0 bridgehead atoms. The van der Waals surface area contributed by atoms with E-state index in [1.54, 1.807) is 32.2 Å². The largest absolute Gasteiger partial charge is 0.392 e. The Balaban J connectivity index is 1.86. The maximum Gasteiger partial charge on any atom is 0.146 e. The molecule has 4 rings (SSSR count). The zero-order valence-electron chi connectivity index (χ0n) is 19.8. The second kappa shape index (κ2) is 9.88. The third-order valence-electron chi connectivity index (χ3n) is 5.86. The number of nitrogens with zero attached hydrogens (tertiary/aromatic N) is 2. The minimum atomic E-state index is -1.22. The third-order valence-corrected chi connectivity index (χ3v) is 7.68. The molecule has 1 aromatic heterocycles. The summed E-state index contributed by atoms with van der Waals surface area (Å²) in [6.07, 6.45) is 3.41. The summed E-state index contributed by atoms with van der Waals surface area (Å²) in [5.41, 5.74) is 4.36. The fraction of sp³-hybridized carbons (Fsp3) is 0.222. The number of imidazole rings is 1. The van der Waals surface area contributed by atoms with Gasteiger partial charge in [0.15, 0.2) is 0 Å². The van der Waals surface area contributed by atoms with E-state index in [4.69, 9.17) is 28.2 Å². The molecule has 5 nitrogen and oxygen atoms in total. The van der Waals surface area contributed by atoms with E-state index < -0.39 is 16.4 Å². The van der Waals surface area contributed by atoms with Crippen LogP contribution in [0.4, 0.5) is 0 Å². The Hall–Kier alpha value is -2.48. The van der Waals surface area contributed by atoms with E-state index in [2.05, 4.69) is 0 Å². The van der Waals surface area contributed by atoms with Gasteiger partial charge < -0.3 is 10.2 Å². The van der Waals surface area contributed by atoms with Crippen molar-refractivity contribution in [3.05, 3.63) is 87.7 Å². The summed E-state index contributed by atoms with van der Waals surface area (Å²) in [4.78, 5) is 5.33. The second-order valence-corrected chi connectivity index (χ2v) is 11.0. The molecule has 0 saturated heterocycles. The molecule has 4 aromatic rings. The van der Waals surface area contributed by atoms with Crippen LogP contribution in [-0.4, -0.2) is 30.2 Å². The first kappa shape index (κ1) is 25.6. The first-order valence-corrected chi connectivity index (χ1v) is 13.3. The van der Waals surface area contributed by atoms with Gasteiger partial charge in [0.1, 0.15) is 11.4 Å². The minimum absolute atomic E-state index is 0.161. The van der Waals surface area contributed by atoms with Gasteiger partial charge in [-0.1, -0.05) is 47.5 Å². The summed E-state index contributed by atoms with van der Waals surface area (Å²) in [5.74, 6) is 0.571. The van der Waals surface area contributed by atoms with Crippen LogP contribution in [0.3, 0.4) is 0 Å². The number of hydrogen-bond donors (Lipinski definition) is 2. The van der Waals surface area contributed by atoms with Crippen LogP contribution < -0.4 is 0 Å². The molecular formula is C27H26Cl2N2O3S. The van der Waals surface area contributed by atoms with Crippen molar-refractivity contribution in [2.45, 2.75) is 37.9 Å². The predicted octanol–water partition coefficient (Wildman–Crippen LogP) is 6.28. The van der Waals surface area contributed by atoms with Crippen molar-refractivity contribution in [2.75, 3.05) is 6.26 Å². The molecule has 0 amide bonds. The summed E-state index contributed by atoms with van der Waals surface area (Å²) in [6.45, 7) is 5.20. The Morgan fingerprint density at radius 2 is 1.74 bits per heavy atom. The molecule has 0 saturated carbocycles. The lowest BCUT2D eigenvalue weighted by Crippen LogP contribution is -2.15. The lowest BCUT2D eigenvalue weighted by atomic mass is 10.0. The average Bonchev–Trinajstić information content (AvgIpc) is 3.26. The van der Waals surface area contributed by atoms with Gasteiger partial charge in [-0.2, -0.15) is 0 Å². The van der Waals surface area contributed by atoms with Crippen LogP contribution in [0.25, 0.3) is 28.2 Å². The Labute approximate surface area is 217 Å². The molecule has 35 heavy (non-hydrogen) atoms. The second-order valence-electron chi connectivity index (χ2n) is 8.92. The van der Waals surface area contributed by atoms with Crippen molar-refractivity contribution >= 4 is 34.0 Å². The van der Waals surface area contributed by atoms with Gasteiger partial charge in [-0.3, -0.25) is 8.78 Å². The van der Waals surface area contributed by atoms with Gasteiger partial charge in [-0.25, -0.2) is 4.98 Å². The highest BCUT2D eigenvalue weighted by atomic mass is 35.5.